The lowest BCUT2D eigenvalue weighted by Gasteiger charge is -2.27. The van der Waals surface area contributed by atoms with Crippen LogP contribution in [0.2, 0.25) is 0 Å². The van der Waals surface area contributed by atoms with Gasteiger partial charge in [-0.15, -0.1) is 0 Å². The molecule has 3 rings (SSSR count). The highest BCUT2D eigenvalue weighted by atomic mass is 16.5. The number of hydrogen-bond donors (Lipinski definition) is 2. The highest BCUT2D eigenvalue weighted by Crippen LogP contribution is 2.43. The average molecular weight is 319 g/mol. The van der Waals surface area contributed by atoms with Gasteiger partial charge in [-0.2, -0.15) is 5.26 Å². The Bertz CT molecular complexity index is 852. The molecule has 0 bridgehead atoms. The molecule has 0 aliphatic carbocycles. The van der Waals surface area contributed by atoms with Crippen LogP contribution in [-0.4, -0.2) is 0 Å². The first-order valence-electron chi connectivity index (χ1n) is 7.88. The Kier molecular flexibility index (Phi) is 3.73. The predicted octanol–water partition coefficient (Wildman–Crippen LogP) is 3.78. The fourth-order valence-electron chi connectivity index (χ4n) is 2.99. The van der Waals surface area contributed by atoms with Crippen molar-refractivity contribution in [2.75, 3.05) is 5.73 Å². The van der Waals surface area contributed by atoms with E-state index in [9.17, 15) is 5.26 Å². The monoisotopic (exact) mass is 319 g/mol. The summed E-state index contributed by atoms with van der Waals surface area (Å²) < 4.78 is 5.60. The van der Waals surface area contributed by atoms with Crippen LogP contribution < -0.4 is 16.2 Å². The molecule has 4 heteroatoms. The van der Waals surface area contributed by atoms with E-state index in [1.54, 1.807) is 6.07 Å². The first-order valence-corrected chi connectivity index (χ1v) is 7.88. The lowest BCUT2D eigenvalue weighted by Crippen LogP contribution is -2.21. The van der Waals surface area contributed by atoms with Crippen LogP contribution in [0.3, 0.4) is 0 Å². The van der Waals surface area contributed by atoms with Gasteiger partial charge in [-0.3, -0.25) is 0 Å². The zero-order chi connectivity index (χ0) is 17.5. The van der Waals surface area contributed by atoms with E-state index in [1.807, 2.05) is 12.1 Å². The molecule has 1 aliphatic rings. The standard InChI is InChI=1S/C20H21N3O/c1-20(2,3)13-6-4-12(5-7-13)18-15-9-8-14(22)10-17(15)24-19(23)16(18)11-21/h4-10,18H,22-23H2,1-3H3/t18-/m0/s1. The van der Waals surface area contributed by atoms with Crippen molar-refractivity contribution in [2.24, 2.45) is 5.73 Å². The second-order valence-corrected chi connectivity index (χ2v) is 7.09. The maximum absolute atomic E-state index is 9.56. The van der Waals surface area contributed by atoms with Crippen LogP contribution in [0.25, 0.3) is 0 Å². The van der Waals surface area contributed by atoms with Gasteiger partial charge in [-0.1, -0.05) is 51.1 Å². The normalized spacial score (nSPS) is 17.0. The molecular formula is C20H21N3O. The number of hydrogen-bond acceptors (Lipinski definition) is 4. The lowest BCUT2D eigenvalue weighted by molar-refractivity contribution is 0.394. The van der Waals surface area contributed by atoms with E-state index in [0.29, 0.717) is 17.0 Å². The second kappa shape index (κ2) is 5.61. The summed E-state index contributed by atoms with van der Waals surface area (Å²) in [6, 6.07) is 16.0. The number of benzene rings is 2. The Hall–Kier alpha value is -2.93. The minimum atomic E-state index is -0.242. The summed E-state index contributed by atoms with van der Waals surface area (Å²) >= 11 is 0. The largest absolute Gasteiger partial charge is 0.440 e. The number of nitrogens with zero attached hydrogens (tertiary/aromatic N) is 1. The van der Waals surface area contributed by atoms with Crippen molar-refractivity contribution in [3.8, 4) is 11.8 Å². The van der Waals surface area contributed by atoms with Crippen molar-refractivity contribution < 1.29 is 4.74 Å². The Morgan fingerprint density at radius 3 is 2.29 bits per heavy atom. The molecule has 2 aromatic rings. The molecule has 0 saturated carbocycles. The van der Waals surface area contributed by atoms with Crippen molar-refractivity contribution in [1.82, 2.24) is 0 Å². The molecule has 4 nitrogen and oxygen atoms in total. The minimum Gasteiger partial charge on any atom is -0.440 e. The van der Waals surface area contributed by atoms with Crippen LogP contribution >= 0.6 is 0 Å². The van der Waals surface area contributed by atoms with E-state index in [4.69, 9.17) is 16.2 Å². The number of ether oxygens (including phenoxy) is 1. The number of nitrogens with two attached hydrogens (primary N) is 2. The summed E-state index contributed by atoms with van der Waals surface area (Å²) in [6.07, 6.45) is 0. The number of rotatable bonds is 1. The van der Waals surface area contributed by atoms with Gasteiger partial charge in [0.05, 0.1) is 5.92 Å². The van der Waals surface area contributed by atoms with Gasteiger partial charge in [0.15, 0.2) is 0 Å². The zero-order valence-electron chi connectivity index (χ0n) is 14.1. The fourth-order valence-corrected chi connectivity index (χ4v) is 2.99. The van der Waals surface area contributed by atoms with Crippen LogP contribution in [0.5, 0.6) is 5.75 Å². The molecule has 1 atom stereocenters. The quantitative estimate of drug-likeness (QED) is 0.783. The summed E-state index contributed by atoms with van der Waals surface area (Å²) in [5, 5.41) is 9.56. The molecule has 0 unspecified atom stereocenters. The topological polar surface area (TPSA) is 85.1 Å². The van der Waals surface area contributed by atoms with E-state index in [1.165, 1.54) is 5.56 Å². The van der Waals surface area contributed by atoms with Gasteiger partial charge in [0.25, 0.3) is 0 Å². The van der Waals surface area contributed by atoms with Gasteiger partial charge in [0.1, 0.15) is 17.4 Å². The van der Waals surface area contributed by atoms with Crippen molar-refractivity contribution in [3.63, 3.8) is 0 Å². The summed E-state index contributed by atoms with van der Waals surface area (Å²) in [5.74, 6) is 0.505. The summed E-state index contributed by atoms with van der Waals surface area (Å²) in [6.45, 7) is 6.52. The van der Waals surface area contributed by atoms with Crippen LogP contribution in [0, 0.1) is 11.3 Å². The first-order chi connectivity index (χ1) is 11.3. The van der Waals surface area contributed by atoms with Gasteiger partial charge in [0, 0.05) is 17.3 Å². The van der Waals surface area contributed by atoms with Crippen LogP contribution in [0.1, 0.15) is 43.4 Å². The van der Waals surface area contributed by atoms with Gasteiger partial charge in [-0.25, -0.2) is 0 Å². The van der Waals surface area contributed by atoms with Gasteiger partial charge < -0.3 is 16.2 Å². The molecule has 24 heavy (non-hydrogen) atoms. The van der Waals surface area contributed by atoms with Crippen molar-refractivity contribution in [3.05, 3.63) is 70.6 Å². The number of allylic oxidation sites excluding steroid dienone is 1. The fraction of sp³-hybridized carbons (Fsp3) is 0.250. The zero-order valence-corrected chi connectivity index (χ0v) is 14.1. The molecule has 0 amide bonds. The number of nitriles is 1. The van der Waals surface area contributed by atoms with Crippen LogP contribution in [0.15, 0.2) is 53.9 Å². The molecule has 1 heterocycles. The highest BCUT2D eigenvalue weighted by molar-refractivity contribution is 5.59. The van der Waals surface area contributed by atoms with Crippen molar-refractivity contribution in [1.29, 1.82) is 5.26 Å². The molecule has 4 N–H and O–H groups in total. The lowest BCUT2D eigenvalue weighted by atomic mass is 9.81. The van der Waals surface area contributed by atoms with E-state index in [2.05, 4.69) is 51.1 Å². The third-order valence-corrected chi connectivity index (χ3v) is 4.35. The SMILES string of the molecule is CC(C)(C)c1ccc([C@@H]2C(C#N)=C(N)Oc3cc(N)ccc32)cc1. The maximum atomic E-state index is 9.56. The Balaban J connectivity index is 2.13. The van der Waals surface area contributed by atoms with E-state index in [0.717, 1.165) is 11.1 Å². The Morgan fingerprint density at radius 2 is 1.71 bits per heavy atom. The summed E-state index contributed by atoms with van der Waals surface area (Å²) in [4.78, 5) is 0. The third-order valence-electron chi connectivity index (χ3n) is 4.35. The smallest absolute Gasteiger partial charge is 0.205 e. The van der Waals surface area contributed by atoms with E-state index in [-0.39, 0.29) is 17.2 Å². The molecule has 0 aromatic heterocycles. The molecule has 0 fully saturated rings. The third kappa shape index (κ3) is 2.69. The first kappa shape index (κ1) is 15.9. The van der Waals surface area contributed by atoms with Gasteiger partial charge in [-0.05, 0) is 22.6 Å². The summed E-state index contributed by atoms with van der Waals surface area (Å²) in [5.41, 5.74) is 16.1. The second-order valence-electron chi connectivity index (χ2n) is 7.09. The maximum Gasteiger partial charge on any atom is 0.205 e. The van der Waals surface area contributed by atoms with Gasteiger partial charge >= 0.3 is 0 Å². The molecule has 0 radical (unpaired) electrons. The number of nitrogen functional groups attached to an aromatic ring is 1. The number of anilines is 1. The molecule has 122 valence electrons. The summed E-state index contributed by atoms with van der Waals surface area (Å²) in [7, 11) is 0. The Morgan fingerprint density at radius 1 is 1.04 bits per heavy atom. The number of fused-ring (bicyclic) bond motifs is 1. The Labute approximate surface area is 142 Å². The predicted molar refractivity (Wildman–Crippen MR) is 95.3 cm³/mol. The average Bonchev–Trinajstić information content (AvgIpc) is 2.52. The van der Waals surface area contributed by atoms with E-state index < -0.39 is 0 Å². The van der Waals surface area contributed by atoms with Crippen molar-refractivity contribution in [2.45, 2.75) is 32.1 Å². The molecular weight excluding hydrogens is 298 g/mol. The molecule has 2 aromatic carbocycles. The molecule has 0 spiro atoms. The van der Waals surface area contributed by atoms with Gasteiger partial charge in [0.2, 0.25) is 5.88 Å². The van der Waals surface area contributed by atoms with Crippen LogP contribution in [0.4, 0.5) is 5.69 Å². The van der Waals surface area contributed by atoms with Crippen molar-refractivity contribution >= 4 is 5.69 Å². The molecule has 0 saturated heterocycles. The molecule has 1 aliphatic heterocycles. The minimum absolute atomic E-state index is 0.0769. The highest BCUT2D eigenvalue weighted by Gasteiger charge is 2.30. The van der Waals surface area contributed by atoms with Crippen LogP contribution in [-0.2, 0) is 5.41 Å². The van der Waals surface area contributed by atoms with E-state index >= 15 is 0 Å².